The Balaban J connectivity index is 2.80. The third kappa shape index (κ3) is 4.19. The van der Waals surface area contributed by atoms with Crippen molar-refractivity contribution in [1.29, 1.82) is 0 Å². The van der Waals surface area contributed by atoms with E-state index >= 15 is 0 Å². The van der Waals surface area contributed by atoms with Gasteiger partial charge in [-0.25, -0.2) is 0 Å². The summed E-state index contributed by atoms with van der Waals surface area (Å²) in [5.41, 5.74) is 1.17. The van der Waals surface area contributed by atoms with Crippen LogP contribution in [0.25, 0.3) is 0 Å². The van der Waals surface area contributed by atoms with Crippen molar-refractivity contribution in [2.75, 3.05) is 6.61 Å². The molecule has 0 aliphatic carbocycles. The molecule has 0 N–H and O–H groups in total. The van der Waals surface area contributed by atoms with Crippen LogP contribution in [0.5, 0.6) is 0 Å². The SMILES string of the molecule is CCOC(=O)CCC(=O)c1cn(C)nc1C(C)(C)C. The van der Waals surface area contributed by atoms with Gasteiger partial charge in [0.25, 0.3) is 0 Å². The first kappa shape index (κ1) is 15.4. The van der Waals surface area contributed by atoms with Crippen molar-refractivity contribution in [2.45, 2.75) is 46.0 Å². The van der Waals surface area contributed by atoms with Gasteiger partial charge in [-0.1, -0.05) is 20.8 Å². The van der Waals surface area contributed by atoms with Gasteiger partial charge in [0.05, 0.1) is 24.3 Å². The third-order valence-corrected chi connectivity index (χ3v) is 2.70. The van der Waals surface area contributed by atoms with Crippen molar-refractivity contribution in [2.24, 2.45) is 7.05 Å². The summed E-state index contributed by atoms with van der Waals surface area (Å²) in [4.78, 5) is 23.4. The molecule has 0 aliphatic heterocycles. The Morgan fingerprint density at radius 3 is 2.47 bits per heavy atom. The fraction of sp³-hybridized carbons (Fsp3) is 0.643. The van der Waals surface area contributed by atoms with E-state index in [2.05, 4.69) is 5.10 Å². The van der Waals surface area contributed by atoms with E-state index in [4.69, 9.17) is 4.74 Å². The Morgan fingerprint density at radius 1 is 1.32 bits per heavy atom. The Kier molecular flexibility index (Phi) is 4.86. The molecule has 5 nitrogen and oxygen atoms in total. The van der Waals surface area contributed by atoms with Crippen molar-refractivity contribution >= 4 is 11.8 Å². The summed E-state index contributed by atoms with van der Waals surface area (Å²) in [7, 11) is 1.79. The number of ketones is 1. The highest BCUT2D eigenvalue weighted by Crippen LogP contribution is 2.25. The number of nitrogens with zero attached hydrogens (tertiary/aromatic N) is 2. The number of carbonyl (C=O) groups is 2. The Bertz CT molecular complexity index is 470. The molecular weight excluding hydrogens is 244 g/mol. The second-order valence-corrected chi connectivity index (χ2v) is 5.54. The minimum atomic E-state index is -0.336. The number of aryl methyl sites for hydroxylation is 1. The number of rotatable bonds is 5. The Hall–Kier alpha value is -1.65. The largest absolute Gasteiger partial charge is 0.466 e. The van der Waals surface area contributed by atoms with E-state index in [1.165, 1.54) is 0 Å². The first-order valence-electron chi connectivity index (χ1n) is 6.48. The molecule has 1 aromatic heterocycles. The second-order valence-electron chi connectivity index (χ2n) is 5.54. The van der Waals surface area contributed by atoms with Crippen LogP contribution in [-0.4, -0.2) is 28.1 Å². The van der Waals surface area contributed by atoms with Crippen LogP contribution < -0.4 is 0 Å². The van der Waals surface area contributed by atoms with Crippen LogP contribution in [-0.2, 0) is 22.0 Å². The average Bonchev–Trinajstić information content (AvgIpc) is 2.68. The smallest absolute Gasteiger partial charge is 0.306 e. The van der Waals surface area contributed by atoms with E-state index in [1.54, 1.807) is 24.9 Å². The molecule has 0 amide bonds. The summed E-state index contributed by atoms with van der Waals surface area (Å²) in [6, 6.07) is 0. The van der Waals surface area contributed by atoms with Gasteiger partial charge in [-0.05, 0) is 6.92 Å². The summed E-state index contributed by atoms with van der Waals surface area (Å²) in [5.74, 6) is -0.400. The zero-order valence-electron chi connectivity index (χ0n) is 12.3. The normalized spacial score (nSPS) is 11.4. The lowest BCUT2D eigenvalue weighted by Crippen LogP contribution is -2.17. The molecule has 0 spiro atoms. The first-order valence-corrected chi connectivity index (χ1v) is 6.48. The van der Waals surface area contributed by atoms with Crippen LogP contribution in [0.1, 0.15) is 56.6 Å². The second kappa shape index (κ2) is 5.99. The molecule has 0 radical (unpaired) electrons. The number of Topliss-reactive ketones (excluding diaryl/α,β-unsaturated/α-hetero) is 1. The van der Waals surface area contributed by atoms with E-state index in [0.29, 0.717) is 12.2 Å². The van der Waals surface area contributed by atoms with Gasteiger partial charge in [0.2, 0.25) is 0 Å². The van der Waals surface area contributed by atoms with Crippen LogP contribution in [0.3, 0.4) is 0 Å². The molecule has 5 heteroatoms. The summed E-state index contributed by atoms with van der Waals surface area (Å²) in [5, 5.41) is 4.35. The van der Waals surface area contributed by atoms with Gasteiger partial charge < -0.3 is 4.74 Å². The van der Waals surface area contributed by atoms with E-state index in [0.717, 1.165) is 5.69 Å². The fourth-order valence-corrected chi connectivity index (χ4v) is 1.83. The number of esters is 1. The maximum absolute atomic E-state index is 12.2. The van der Waals surface area contributed by atoms with Crippen LogP contribution in [0, 0.1) is 0 Å². The molecular formula is C14H22N2O3. The lowest BCUT2D eigenvalue weighted by molar-refractivity contribution is -0.143. The van der Waals surface area contributed by atoms with Gasteiger partial charge in [0, 0.05) is 25.1 Å². The van der Waals surface area contributed by atoms with Crippen LogP contribution >= 0.6 is 0 Å². The van der Waals surface area contributed by atoms with Crippen molar-refractivity contribution in [3.8, 4) is 0 Å². The number of ether oxygens (including phenoxy) is 1. The van der Waals surface area contributed by atoms with Gasteiger partial charge in [0.1, 0.15) is 0 Å². The minimum Gasteiger partial charge on any atom is -0.466 e. The quantitative estimate of drug-likeness (QED) is 0.605. The van der Waals surface area contributed by atoms with Gasteiger partial charge in [-0.2, -0.15) is 5.10 Å². The molecule has 19 heavy (non-hydrogen) atoms. The topological polar surface area (TPSA) is 61.2 Å². The van der Waals surface area contributed by atoms with E-state index in [9.17, 15) is 9.59 Å². The van der Waals surface area contributed by atoms with Gasteiger partial charge >= 0.3 is 5.97 Å². The van der Waals surface area contributed by atoms with E-state index < -0.39 is 0 Å². The lowest BCUT2D eigenvalue weighted by Gasteiger charge is -2.16. The standard InChI is InChI=1S/C14H22N2O3/c1-6-19-12(18)8-7-11(17)10-9-16(5)15-13(10)14(2,3)4/h9H,6-8H2,1-5H3. The maximum Gasteiger partial charge on any atom is 0.306 e. The van der Waals surface area contributed by atoms with Gasteiger partial charge in [-0.15, -0.1) is 0 Å². The molecule has 0 fully saturated rings. The molecule has 1 aromatic rings. The predicted molar refractivity (Wildman–Crippen MR) is 72.1 cm³/mol. The molecule has 0 aromatic carbocycles. The number of carbonyl (C=O) groups excluding carboxylic acids is 2. The molecule has 0 unspecified atom stereocenters. The Labute approximate surface area is 113 Å². The lowest BCUT2D eigenvalue weighted by atomic mass is 9.88. The van der Waals surface area contributed by atoms with E-state index in [-0.39, 0.29) is 30.0 Å². The first-order chi connectivity index (χ1) is 8.75. The van der Waals surface area contributed by atoms with Crippen molar-refractivity contribution in [1.82, 2.24) is 9.78 Å². The number of hydrogen-bond donors (Lipinski definition) is 0. The highest BCUT2D eigenvalue weighted by Gasteiger charge is 2.25. The molecule has 0 atom stereocenters. The summed E-state index contributed by atoms with van der Waals surface area (Å²) >= 11 is 0. The average molecular weight is 266 g/mol. The van der Waals surface area contributed by atoms with Crippen LogP contribution in [0.4, 0.5) is 0 Å². The monoisotopic (exact) mass is 266 g/mol. The zero-order chi connectivity index (χ0) is 14.6. The predicted octanol–water partition coefficient (Wildman–Crippen LogP) is 2.24. The highest BCUT2D eigenvalue weighted by molar-refractivity contribution is 5.98. The third-order valence-electron chi connectivity index (χ3n) is 2.70. The van der Waals surface area contributed by atoms with E-state index in [1.807, 2.05) is 20.8 Å². The zero-order valence-corrected chi connectivity index (χ0v) is 12.3. The van der Waals surface area contributed by atoms with Crippen molar-refractivity contribution in [3.05, 3.63) is 17.5 Å². The van der Waals surface area contributed by atoms with Crippen LogP contribution in [0.15, 0.2) is 6.20 Å². The molecule has 0 aliphatic rings. The molecule has 0 saturated heterocycles. The summed E-state index contributed by atoms with van der Waals surface area (Å²) in [6.45, 7) is 8.12. The fourth-order valence-electron chi connectivity index (χ4n) is 1.83. The maximum atomic E-state index is 12.2. The highest BCUT2D eigenvalue weighted by atomic mass is 16.5. The molecule has 1 heterocycles. The van der Waals surface area contributed by atoms with Crippen LogP contribution in [0.2, 0.25) is 0 Å². The number of hydrogen-bond acceptors (Lipinski definition) is 4. The summed E-state index contributed by atoms with van der Waals surface area (Å²) < 4.78 is 6.46. The van der Waals surface area contributed by atoms with Crippen molar-refractivity contribution < 1.29 is 14.3 Å². The van der Waals surface area contributed by atoms with Gasteiger partial charge in [-0.3, -0.25) is 14.3 Å². The molecule has 0 saturated carbocycles. The molecule has 106 valence electrons. The Morgan fingerprint density at radius 2 is 1.95 bits per heavy atom. The van der Waals surface area contributed by atoms with Gasteiger partial charge in [0.15, 0.2) is 5.78 Å². The molecule has 1 rings (SSSR count). The molecule has 0 bridgehead atoms. The summed E-state index contributed by atoms with van der Waals surface area (Å²) in [6.07, 6.45) is 1.99. The van der Waals surface area contributed by atoms with Crippen molar-refractivity contribution in [3.63, 3.8) is 0 Å². The number of aromatic nitrogens is 2. The minimum absolute atomic E-state index is 0.0638.